The third-order valence-corrected chi connectivity index (χ3v) is 4.81. The van der Waals surface area contributed by atoms with Crippen LogP contribution in [0, 0.1) is 0 Å². The fraction of sp³-hybridized carbons (Fsp3) is 0. The normalized spacial score (nSPS) is 10.8. The summed E-state index contributed by atoms with van der Waals surface area (Å²) in [6.07, 6.45) is 0. The van der Waals surface area contributed by atoms with Crippen molar-refractivity contribution >= 4 is 41.7 Å². The molecule has 0 unspecified atom stereocenters. The standard InChI is InChI=1S/C14H8ClNO2Se/c15-10-4-1-8(2-5-10)13(17)9-3-6-11-12(7-9)19-14(18)16-11/h1-7H,(H,16,18). The van der Waals surface area contributed by atoms with Crippen LogP contribution >= 0.6 is 11.6 Å². The number of carbonyl (C=O) groups is 1. The Kier molecular flexibility index (Phi) is 3.15. The zero-order chi connectivity index (χ0) is 13.4. The fourth-order valence-corrected chi connectivity index (χ4v) is 3.61. The van der Waals surface area contributed by atoms with Crippen LogP contribution < -0.4 is 4.43 Å². The van der Waals surface area contributed by atoms with E-state index in [1.807, 2.05) is 0 Å². The van der Waals surface area contributed by atoms with Gasteiger partial charge in [-0.05, 0) is 0 Å². The van der Waals surface area contributed by atoms with Crippen molar-refractivity contribution in [3.05, 3.63) is 67.8 Å². The predicted octanol–water partition coefficient (Wildman–Crippen LogP) is 2.47. The summed E-state index contributed by atoms with van der Waals surface area (Å²) in [5.74, 6) is -0.0605. The van der Waals surface area contributed by atoms with Crippen molar-refractivity contribution in [3.63, 3.8) is 0 Å². The number of nitrogens with one attached hydrogen (secondary N) is 1. The van der Waals surface area contributed by atoms with Crippen LogP contribution in [0.5, 0.6) is 0 Å². The number of benzene rings is 2. The first-order chi connectivity index (χ1) is 9.13. The SMILES string of the molecule is O=C(c1ccc(Cl)cc1)c1ccc2[nH]c(=O)[se]c2c1. The van der Waals surface area contributed by atoms with E-state index >= 15 is 0 Å². The van der Waals surface area contributed by atoms with E-state index in [1.54, 1.807) is 42.5 Å². The molecule has 1 N–H and O–H groups in total. The number of hydrogen-bond donors (Lipinski definition) is 1. The maximum absolute atomic E-state index is 12.3. The van der Waals surface area contributed by atoms with E-state index in [9.17, 15) is 9.59 Å². The first kappa shape index (κ1) is 12.4. The Morgan fingerprint density at radius 1 is 1.05 bits per heavy atom. The number of aromatic amines is 1. The summed E-state index contributed by atoms with van der Waals surface area (Å²) >= 11 is 5.56. The van der Waals surface area contributed by atoms with Crippen molar-refractivity contribution in [2.45, 2.75) is 0 Å². The molecule has 0 radical (unpaired) electrons. The second-order valence-corrected chi connectivity index (χ2v) is 6.63. The molecule has 0 amide bonds. The second kappa shape index (κ2) is 4.82. The number of hydrogen-bond acceptors (Lipinski definition) is 2. The summed E-state index contributed by atoms with van der Waals surface area (Å²) in [5, 5.41) is 0.601. The molecule has 0 aliphatic rings. The van der Waals surface area contributed by atoms with Crippen molar-refractivity contribution < 1.29 is 4.79 Å². The average Bonchev–Trinajstić information content (AvgIpc) is 2.77. The molecule has 3 nitrogen and oxygen atoms in total. The Bertz CT molecular complexity index is 817. The quantitative estimate of drug-likeness (QED) is 0.577. The number of halogens is 1. The van der Waals surface area contributed by atoms with Gasteiger partial charge < -0.3 is 0 Å². The van der Waals surface area contributed by atoms with Gasteiger partial charge in [0.1, 0.15) is 0 Å². The van der Waals surface area contributed by atoms with Crippen LogP contribution in [0.1, 0.15) is 15.9 Å². The molecule has 19 heavy (non-hydrogen) atoms. The summed E-state index contributed by atoms with van der Waals surface area (Å²) in [4.78, 5) is 26.4. The topological polar surface area (TPSA) is 49.9 Å². The predicted molar refractivity (Wildman–Crippen MR) is 76.4 cm³/mol. The molecule has 0 saturated carbocycles. The Hall–Kier alpha value is -1.61. The van der Waals surface area contributed by atoms with E-state index in [0.29, 0.717) is 16.1 Å². The van der Waals surface area contributed by atoms with E-state index in [-0.39, 0.29) is 24.7 Å². The summed E-state index contributed by atoms with van der Waals surface area (Å²) < 4.78 is 0.955. The van der Waals surface area contributed by atoms with Gasteiger partial charge in [0.2, 0.25) is 0 Å². The first-order valence-electron chi connectivity index (χ1n) is 5.56. The van der Waals surface area contributed by atoms with Gasteiger partial charge in [0.05, 0.1) is 0 Å². The van der Waals surface area contributed by atoms with Crippen molar-refractivity contribution in [2.24, 2.45) is 0 Å². The summed E-state index contributed by atoms with van der Waals surface area (Å²) in [7, 11) is 0. The Morgan fingerprint density at radius 3 is 2.47 bits per heavy atom. The Labute approximate surface area is 119 Å². The molecule has 0 aliphatic heterocycles. The third-order valence-electron chi connectivity index (χ3n) is 2.79. The van der Waals surface area contributed by atoms with E-state index < -0.39 is 0 Å². The molecule has 2 aromatic carbocycles. The van der Waals surface area contributed by atoms with Crippen LogP contribution in [0.25, 0.3) is 9.78 Å². The van der Waals surface area contributed by atoms with Crippen molar-refractivity contribution in [3.8, 4) is 0 Å². The van der Waals surface area contributed by atoms with Gasteiger partial charge in [-0.25, -0.2) is 0 Å². The minimum atomic E-state index is -0.244. The molecule has 0 fully saturated rings. The summed E-state index contributed by atoms with van der Waals surface area (Å²) in [6, 6.07) is 12.1. The zero-order valence-electron chi connectivity index (χ0n) is 9.64. The van der Waals surface area contributed by atoms with Crippen molar-refractivity contribution in [1.29, 1.82) is 0 Å². The second-order valence-electron chi connectivity index (χ2n) is 4.06. The molecular weight excluding hydrogens is 329 g/mol. The third kappa shape index (κ3) is 2.43. The number of ketones is 1. The molecule has 0 spiro atoms. The fourth-order valence-electron chi connectivity index (χ4n) is 1.85. The van der Waals surface area contributed by atoms with E-state index in [4.69, 9.17) is 11.6 Å². The molecule has 3 rings (SSSR count). The zero-order valence-corrected chi connectivity index (χ0v) is 12.1. The number of H-pyrrole nitrogens is 1. The molecule has 3 aromatic rings. The average molecular weight is 337 g/mol. The molecular formula is C14H8ClNO2Se. The monoisotopic (exact) mass is 337 g/mol. The maximum atomic E-state index is 12.3. The summed E-state index contributed by atoms with van der Waals surface area (Å²) in [6.45, 7) is 0. The number of fused-ring (bicyclic) bond motifs is 1. The van der Waals surface area contributed by atoms with Gasteiger partial charge in [0.15, 0.2) is 0 Å². The van der Waals surface area contributed by atoms with Gasteiger partial charge in [0, 0.05) is 0 Å². The van der Waals surface area contributed by atoms with Crippen molar-refractivity contribution in [1.82, 2.24) is 4.98 Å². The minimum absolute atomic E-state index is 0.0265. The van der Waals surface area contributed by atoms with E-state index in [2.05, 4.69) is 4.98 Å². The van der Waals surface area contributed by atoms with Crippen LogP contribution in [0.2, 0.25) is 5.02 Å². The van der Waals surface area contributed by atoms with Gasteiger partial charge in [-0.15, -0.1) is 0 Å². The van der Waals surface area contributed by atoms with Crippen LogP contribution in [0.3, 0.4) is 0 Å². The molecule has 0 bridgehead atoms. The van der Waals surface area contributed by atoms with Crippen LogP contribution in [0.15, 0.2) is 47.3 Å². The summed E-state index contributed by atoms with van der Waals surface area (Å²) in [5.41, 5.74) is 2.01. The van der Waals surface area contributed by atoms with Gasteiger partial charge in [-0.1, -0.05) is 0 Å². The van der Waals surface area contributed by atoms with Gasteiger partial charge in [-0.2, -0.15) is 0 Å². The van der Waals surface area contributed by atoms with Crippen LogP contribution in [-0.4, -0.2) is 25.3 Å². The Balaban J connectivity index is 2.05. The molecule has 0 aliphatic carbocycles. The van der Waals surface area contributed by atoms with E-state index in [1.165, 1.54) is 0 Å². The molecule has 1 heterocycles. The molecule has 0 saturated heterocycles. The van der Waals surface area contributed by atoms with Gasteiger partial charge >= 0.3 is 119 Å². The van der Waals surface area contributed by atoms with Gasteiger partial charge in [-0.3, -0.25) is 0 Å². The number of aromatic nitrogens is 1. The first-order valence-corrected chi connectivity index (χ1v) is 7.66. The van der Waals surface area contributed by atoms with Crippen LogP contribution in [-0.2, 0) is 0 Å². The number of rotatable bonds is 2. The molecule has 1 aromatic heterocycles. The van der Waals surface area contributed by atoms with E-state index in [0.717, 1.165) is 9.78 Å². The van der Waals surface area contributed by atoms with Crippen molar-refractivity contribution in [2.75, 3.05) is 0 Å². The molecule has 5 heteroatoms. The van der Waals surface area contributed by atoms with Crippen LogP contribution in [0.4, 0.5) is 0 Å². The molecule has 0 atom stereocenters. The Morgan fingerprint density at radius 2 is 1.74 bits per heavy atom. The molecule has 94 valence electrons. The number of carbonyl (C=O) groups excluding carboxylic acids is 1. The van der Waals surface area contributed by atoms with Gasteiger partial charge in [0.25, 0.3) is 0 Å².